The third-order valence-electron chi connectivity index (χ3n) is 2.50. The van der Waals surface area contributed by atoms with E-state index >= 15 is 0 Å². The zero-order valence-corrected chi connectivity index (χ0v) is 10.5. The Kier molecular flexibility index (Phi) is 3.66. The Morgan fingerprint density at radius 3 is 3.13 bits per heavy atom. The molecule has 0 amide bonds. The highest BCUT2D eigenvalue weighted by Gasteiger charge is 2.30. The van der Waals surface area contributed by atoms with Crippen LogP contribution in [0.2, 0.25) is 0 Å². The average molecular weight is 244 g/mol. The standard InChI is InChI=1S/C10H16N2OS2/c1-8-12-5-9(15-8)4-11-6-10(13)2-3-14-7-10/h5,11,13H,2-4,6-7H2,1H3. The Morgan fingerprint density at radius 1 is 1.67 bits per heavy atom. The molecule has 84 valence electrons. The maximum absolute atomic E-state index is 10.1. The number of thiazole rings is 1. The van der Waals surface area contributed by atoms with Gasteiger partial charge in [-0.25, -0.2) is 4.98 Å². The molecule has 1 saturated heterocycles. The van der Waals surface area contributed by atoms with Crippen LogP contribution < -0.4 is 5.32 Å². The number of rotatable bonds is 4. The number of nitrogens with zero attached hydrogens (tertiary/aromatic N) is 1. The van der Waals surface area contributed by atoms with Gasteiger partial charge in [0, 0.05) is 29.9 Å². The van der Waals surface area contributed by atoms with E-state index in [1.54, 1.807) is 11.3 Å². The summed E-state index contributed by atoms with van der Waals surface area (Å²) in [5, 5.41) is 14.5. The number of aliphatic hydroxyl groups is 1. The molecule has 2 N–H and O–H groups in total. The van der Waals surface area contributed by atoms with E-state index in [0.717, 1.165) is 29.5 Å². The molecule has 15 heavy (non-hydrogen) atoms. The molecule has 1 fully saturated rings. The van der Waals surface area contributed by atoms with Crippen molar-refractivity contribution in [2.45, 2.75) is 25.5 Å². The van der Waals surface area contributed by atoms with E-state index in [0.29, 0.717) is 6.54 Å². The van der Waals surface area contributed by atoms with Crippen LogP contribution in [0.5, 0.6) is 0 Å². The van der Waals surface area contributed by atoms with E-state index in [2.05, 4.69) is 10.3 Å². The summed E-state index contributed by atoms with van der Waals surface area (Å²) in [7, 11) is 0. The summed E-state index contributed by atoms with van der Waals surface area (Å²) in [6, 6.07) is 0. The molecule has 1 atom stereocenters. The third kappa shape index (κ3) is 3.17. The van der Waals surface area contributed by atoms with E-state index in [1.165, 1.54) is 4.88 Å². The normalized spacial score (nSPS) is 26.0. The van der Waals surface area contributed by atoms with Gasteiger partial charge in [-0.15, -0.1) is 11.3 Å². The third-order valence-corrected chi connectivity index (χ3v) is 4.65. The SMILES string of the molecule is Cc1ncc(CNCC2(O)CCSC2)s1. The van der Waals surface area contributed by atoms with Crippen LogP contribution in [0.25, 0.3) is 0 Å². The fourth-order valence-electron chi connectivity index (χ4n) is 1.64. The van der Waals surface area contributed by atoms with Gasteiger partial charge in [-0.1, -0.05) is 0 Å². The van der Waals surface area contributed by atoms with Crippen LogP contribution in [0.4, 0.5) is 0 Å². The maximum Gasteiger partial charge on any atom is 0.0897 e. The molecule has 1 aromatic rings. The predicted molar refractivity (Wildman–Crippen MR) is 65.4 cm³/mol. The minimum absolute atomic E-state index is 0.482. The van der Waals surface area contributed by atoms with Crippen molar-refractivity contribution in [2.75, 3.05) is 18.1 Å². The molecule has 0 aliphatic carbocycles. The molecule has 1 unspecified atom stereocenters. The molecule has 5 heteroatoms. The molecule has 0 bridgehead atoms. The van der Waals surface area contributed by atoms with Crippen molar-refractivity contribution in [1.29, 1.82) is 0 Å². The molecule has 2 heterocycles. The summed E-state index contributed by atoms with van der Waals surface area (Å²) in [5.74, 6) is 1.94. The predicted octanol–water partition coefficient (Wildman–Crippen LogP) is 1.41. The van der Waals surface area contributed by atoms with Crippen LogP contribution in [0, 0.1) is 6.92 Å². The first kappa shape index (κ1) is 11.4. The molecule has 1 aliphatic heterocycles. The van der Waals surface area contributed by atoms with E-state index in [9.17, 15) is 5.11 Å². The zero-order chi connectivity index (χ0) is 10.7. The van der Waals surface area contributed by atoms with E-state index in [4.69, 9.17) is 0 Å². The topological polar surface area (TPSA) is 45.2 Å². The molecular weight excluding hydrogens is 228 g/mol. The van der Waals surface area contributed by atoms with E-state index in [-0.39, 0.29) is 0 Å². The fraction of sp³-hybridized carbons (Fsp3) is 0.700. The van der Waals surface area contributed by atoms with Crippen molar-refractivity contribution >= 4 is 23.1 Å². The van der Waals surface area contributed by atoms with Crippen molar-refractivity contribution < 1.29 is 5.11 Å². The monoisotopic (exact) mass is 244 g/mol. The Hall–Kier alpha value is -0.100. The first-order valence-electron chi connectivity index (χ1n) is 5.10. The average Bonchev–Trinajstić information content (AvgIpc) is 2.76. The molecule has 0 spiro atoms. The Balaban J connectivity index is 1.75. The minimum Gasteiger partial charge on any atom is -0.388 e. The zero-order valence-electron chi connectivity index (χ0n) is 8.82. The Bertz CT molecular complexity index is 321. The van der Waals surface area contributed by atoms with Crippen LogP contribution in [-0.4, -0.2) is 33.7 Å². The highest BCUT2D eigenvalue weighted by Crippen LogP contribution is 2.27. The first-order valence-corrected chi connectivity index (χ1v) is 7.07. The number of nitrogens with one attached hydrogen (secondary N) is 1. The Labute approximate surface area is 98.3 Å². The van der Waals surface area contributed by atoms with Gasteiger partial charge in [0.05, 0.1) is 10.6 Å². The smallest absolute Gasteiger partial charge is 0.0897 e. The number of thioether (sulfide) groups is 1. The summed E-state index contributed by atoms with van der Waals surface area (Å²) in [4.78, 5) is 5.43. The first-order chi connectivity index (χ1) is 7.18. The lowest BCUT2D eigenvalue weighted by atomic mass is 10.0. The van der Waals surface area contributed by atoms with Crippen molar-refractivity contribution in [3.63, 3.8) is 0 Å². The molecule has 2 rings (SSSR count). The van der Waals surface area contributed by atoms with Gasteiger partial charge in [0.25, 0.3) is 0 Å². The molecular formula is C10H16N2OS2. The van der Waals surface area contributed by atoms with E-state index in [1.807, 2.05) is 24.9 Å². The Morgan fingerprint density at radius 2 is 2.53 bits per heavy atom. The minimum atomic E-state index is -0.482. The summed E-state index contributed by atoms with van der Waals surface area (Å²) in [6.45, 7) is 3.52. The van der Waals surface area contributed by atoms with Gasteiger partial charge in [-0.3, -0.25) is 0 Å². The molecule has 1 aromatic heterocycles. The summed E-state index contributed by atoms with van der Waals surface area (Å²) in [6.07, 6.45) is 2.81. The second-order valence-corrected chi connectivity index (χ2v) is 6.40. The molecule has 1 aliphatic rings. The van der Waals surface area contributed by atoms with Gasteiger partial charge in [0.2, 0.25) is 0 Å². The summed E-state index contributed by atoms with van der Waals surface area (Å²) < 4.78 is 0. The lowest BCUT2D eigenvalue weighted by Gasteiger charge is -2.21. The highest BCUT2D eigenvalue weighted by molar-refractivity contribution is 7.99. The van der Waals surface area contributed by atoms with Crippen LogP contribution in [-0.2, 0) is 6.54 Å². The highest BCUT2D eigenvalue weighted by atomic mass is 32.2. The lowest BCUT2D eigenvalue weighted by Crippen LogP contribution is -2.40. The quantitative estimate of drug-likeness (QED) is 0.840. The second-order valence-electron chi connectivity index (χ2n) is 3.98. The fourth-order valence-corrected chi connectivity index (χ4v) is 3.70. The van der Waals surface area contributed by atoms with Gasteiger partial charge in [-0.2, -0.15) is 11.8 Å². The van der Waals surface area contributed by atoms with Gasteiger partial charge in [-0.05, 0) is 19.1 Å². The molecule has 3 nitrogen and oxygen atoms in total. The maximum atomic E-state index is 10.1. The second kappa shape index (κ2) is 4.82. The van der Waals surface area contributed by atoms with E-state index < -0.39 is 5.60 Å². The number of hydrogen-bond donors (Lipinski definition) is 2. The lowest BCUT2D eigenvalue weighted by molar-refractivity contribution is 0.0675. The van der Waals surface area contributed by atoms with Crippen LogP contribution in [0.3, 0.4) is 0 Å². The number of aryl methyl sites for hydroxylation is 1. The van der Waals surface area contributed by atoms with Crippen molar-refractivity contribution in [2.24, 2.45) is 0 Å². The van der Waals surface area contributed by atoms with Gasteiger partial charge in [0.1, 0.15) is 0 Å². The van der Waals surface area contributed by atoms with Crippen LogP contribution >= 0.6 is 23.1 Å². The van der Waals surface area contributed by atoms with Gasteiger partial charge in [0.15, 0.2) is 0 Å². The van der Waals surface area contributed by atoms with Crippen molar-refractivity contribution in [3.8, 4) is 0 Å². The largest absolute Gasteiger partial charge is 0.388 e. The van der Waals surface area contributed by atoms with Gasteiger partial charge >= 0.3 is 0 Å². The van der Waals surface area contributed by atoms with Gasteiger partial charge < -0.3 is 10.4 Å². The number of hydrogen-bond acceptors (Lipinski definition) is 5. The van der Waals surface area contributed by atoms with Crippen molar-refractivity contribution in [3.05, 3.63) is 16.1 Å². The summed E-state index contributed by atoms with van der Waals surface area (Å²) >= 11 is 3.54. The van der Waals surface area contributed by atoms with Crippen LogP contribution in [0.15, 0.2) is 6.20 Å². The molecule has 0 aromatic carbocycles. The molecule has 0 saturated carbocycles. The summed E-state index contributed by atoms with van der Waals surface area (Å²) in [5.41, 5.74) is -0.482. The van der Waals surface area contributed by atoms with Crippen molar-refractivity contribution in [1.82, 2.24) is 10.3 Å². The molecule has 0 radical (unpaired) electrons. The number of aromatic nitrogens is 1. The van der Waals surface area contributed by atoms with Crippen LogP contribution in [0.1, 0.15) is 16.3 Å².